The minimum Gasteiger partial charge on any atom is -0.399 e. The number of rotatable bonds is 1. The van der Waals surface area contributed by atoms with Gasteiger partial charge in [-0.1, -0.05) is 24.3 Å². The summed E-state index contributed by atoms with van der Waals surface area (Å²) in [7, 11) is 0. The topological polar surface area (TPSA) is 83.6 Å². The molecule has 0 unspecified atom stereocenters. The van der Waals surface area contributed by atoms with Crippen molar-refractivity contribution in [3.8, 4) is 11.1 Å². The fraction of sp³-hybridized carbons (Fsp3) is 0. The molecule has 6 N–H and O–H groups in total. The van der Waals surface area contributed by atoms with E-state index < -0.39 is 0 Å². The molecule has 134 valence electrons. The Morgan fingerprint density at radius 1 is 0.643 bits per heavy atom. The van der Waals surface area contributed by atoms with Crippen LogP contribution >= 0.6 is 0 Å². The van der Waals surface area contributed by atoms with Gasteiger partial charge < -0.3 is 21.4 Å². The predicted octanol–water partition coefficient (Wildman–Crippen LogP) is 5.79. The minimum atomic E-state index is 0.759. The molecular weight excluding hydrogens is 344 g/mol. The summed E-state index contributed by atoms with van der Waals surface area (Å²) in [5.74, 6) is 0. The Morgan fingerprint density at radius 2 is 1.39 bits per heavy atom. The number of aromatic nitrogens is 2. The van der Waals surface area contributed by atoms with Gasteiger partial charge in [0.05, 0.1) is 5.52 Å². The van der Waals surface area contributed by atoms with Crippen molar-refractivity contribution < 1.29 is 0 Å². The maximum absolute atomic E-state index is 6.10. The van der Waals surface area contributed by atoms with Gasteiger partial charge in [0.2, 0.25) is 0 Å². The Kier molecular flexibility index (Phi) is 2.87. The van der Waals surface area contributed by atoms with Crippen LogP contribution in [0.4, 0.5) is 11.4 Å². The summed E-state index contributed by atoms with van der Waals surface area (Å²) >= 11 is 0. The zero-order valence-electron chi connectivity index (χ0n) is 15.1. The molecular formula is C24H18N4. The van der Waals surface area contributed by atoms with Crippen LogP contribution in [-0.4, -0.2) is 9.97 Å². The first-order valence-electron chi connectivity index (χ1n) is 9.29. The maximum Gasteiger partial charge on any atom is 0.0551 e. The monoisotopic (exact) mass is 362 g/mol. The molecule has 6 rings (SSSR count). The predicted molar refractivity (Wildman–Crippen MR) is 119 cm³/mol. The Morgan fingerprint density at radius 3 is 2.25 bits per heavy atom. The third-order valence-electron chi connectivity index (χ3n) is 5.62. The van der Waals surface area contributed by atoms with Gasteiger partial charge in [0, 0.05) is 55.9 Å². The zero-order chi connectivity index (χ0) is 18.8. The second-order valence-corrected chi connectivity index (χ2v) is 7.33. The Labute approximate surface area is 160 Å². The highest BCUT2D eigenvalue weighted by molar-refractivity contribution is 6.22. The number of hydrogen-bond acceptors (Lipinski definition) is 2. The molecule has 0 atom stereocenters. The molecule has 0 amide bonds. The summed E-state index contributed by atoms with van der Waals surface area (Å²) < 4.78 is 0. The molecule has 0 aliphatic rings. The third-order valence-corrected chi connectivity index (χ3v) is 5.62. The van der Waals surface area contributed by atoms with Crippen LogP contribution in [0.15, 0.2) is 72.9 Å². The van der Waals surface area contributed by atoms with Gasteiger partial charge in [-0.2, -0.15) is 0 Å². The van der Waals surface area contributed by atoms with E-state index in [2.05, 4.69) is 46.5 Å². The summed E-state index contributed by atoms with van der Waals surface area (Å²) in [6.45, 7) is 0. The summed E-state index contributed by atoms with van der Waals surface area (Å²) in [6, 6.07) is 22.8. The lowest BCUT2D eigenvalue weighted by molar-refractivity contribution is 1.47. The summed E-state index contributed by atoms with van der Waals surface area (Å²) in [6.07, 6.45) is 2.07. The van der Waals surface area contributed by atoms with E-state index in [1.807, 2.05) is 36.4 Å². The van der Waals surface area contributed by atoms with Gasteiger partial charge in [0.1, 0.15) is 0 Å². The lowest BCUT2D eigenvalue weighted by atomic mass is 9.94. The van der Waals surface area contributed by atoms with E-state index in [9.17, 15) is 0 Å². The number of fused-ring (bicyclic) bond motifs is 5. The zero-order valence-corrected chi connectivity index (χ0v) is 15.1. The molecule has 2 heterocycles. The molecule has 2 aromatic heterocycles. The van der Waals surface area contributed by atoms with Crippen LogP contribution in [0.1, 0.15) is 0 Å². The van der Waals surface area contributed by atoms with Crippen molar-refractivity contribution >= 4 is 54.9 Å². The molecule has 4 heteroatoms. The van der Waals surface area contributed by atoms with Gasteiger partial charge in [-0.25, -0.2) is 0 Å². The average molecular weight is 362 g/mol. The van der Waals surface area contributed by atoms with Crippen molar-refractivity contribution in [1.82, 2.24) is 9.97 Å². The Hall–Kier alpha value is -3.92. The fourth-order valence-electron chi connectivity index (χ4n) is 4.34. The van der Waals surface area contributed by atoms with Crippen molar-refractivity contribution in [2.75, 3.05) is 11.5 Å². The van der Waals surface area contributed by atoms with E-state index in [4.69, 9.17) is 11.5 Å². The van der Waals surface area contributed by atoms with Crippen molar-refractivity contribution in [3.63, 3.8) is 0 Å². The van der Waals surface area contributed by atoms with Crippen molar-refractivity contribution in [1.29, 1.82) is 0 Å². The van der Waals surface area contributed by atoms with Gasteiger partial charge in [-0.05, 0) is 53.2 Å². The first-order chi connectivity index (χ1) is 13.7. The maximum atomic E-state index is 6.10. The SMILES string of the molecule is Nc1ccc2[nH]cc(-c3c4ccccc4cc4c3[nH]c3ccc(N)cc34)c2c1. The lowest BCUT2D eigenvalue weighted by Gasteiger charge is -2.09. The molecule has 0 aliphatic heterocycles. The van der Waals surface area contributed by atoms with Crippen LogP contribution in [0, 0.1) is 0 Å². The van der Waals surface area contributed by atoms with E-state index in [1.54, 1.807) is 0 Å². The molecule has 0 saturated heterocycles. The molecule has 0 aliphatic carbocycles. The number of nitrogens with two attached hydrogens (primary N) is 2. The number of anilines is 2. The van der Waals surface area contributed by atoms with Gasteiger partial charge >= 0.3 is 0 Å². The standard InChI is InChI=1S/C24H18N4/c25-14-5-7-21-18(11-14)20(12-27-21)23-16-4-2-1-3-13(16)9-19-17-10-15(26)6-8-22(17)28-24(19)23/h1-12,27-28H,25-26H2. The van der Waals surface area contributed by atoms with Crippen LogP contribution in [0.3, 0.4) is 0 Å². The van der Waals surface area contributed by atoms with E-state index in [0.29, 0.717) is 0 Å². The lowest BCUT2D eigenvalue weighted by Crippen LogP contribution is -1.86. The normalized spacial score (nSPS) is 11.9. The number of nitrogen functional groups attached to an aromatic ring is 2. The smallest absolute Gasteiger partial charge is 0.0551 e. The molecule has 0 spiro atoms. The fourth-order valence-corrected chi connectivity index (χ4v) is 4.34. The van der Waals surface area contributed by atoms with E-state index in [-0.39, 0.29) is 0 Å². The van der Waals surface area contributed by atoms with Crippen molar-refractivity contribution in [3.05, 3.63) is 72.9 Å². The Balaban J connectivity index is 1.86. The molecule has 0 fully saturated rings. The number of hydrogen-bond donors (Lipinski definition) is 4. The highest BCUT2D eigenvalue weighted by Crippen LogP contribution is 2.42. The van der Waals surface area contributed by atoms with Gasteiger partial charge in [-0.15, -0.1) is 0 Å². The van der Waals surface area contributed by atoms with E-state index in [0.717, 1.165) is 44.3 Å². The second-order valence-electron chi connectivity index (χ2n) is 7.33. The van der Waals surface area contributed by atoms with Crippen LogP contribution < -0.4 is 11.5 Å². The first kappa shape index (κ1) is 15.2. The average Bonchev–Trinajstić information content (AvgIpc) is 3.27. The van der Waals surface area contributed by atoms with Gasteiger partial charge in [0.15, 0.2) is 0 Å². The second kappa shape index (κ2) is 5.30. The van der Waals surface area contributed by atoms with Crippen LogP contribution in [0.2, 0.25) is 0 Å². The van der Waals surface area contributed by atoms with E-state index in [1.165, 1.54) is 21.7 Å². The molecule has 0 bridgehead atoms. The van der Waals surface area contributed by atoms with Gasteiger partial charge in [0.25, 0.3) is 0 Å². The molecule has 6 aromatic rings. The van der Waals surface area contributed by atoms with E-state index >= 15 is 0 Å². The van der Waals surface area contributed by atoms with Crippen LogP contribution in [0.25, 0.3) is 54.6 Å². The highest BCUT2D eigenvalue weighted by Gasteiger charge is 2.17. The quantitative estimate of drug-likeness (QED) is 0.279. The summed E-state index contributed by atoms with van der Waals surface area (Å²) in [5.41, 5.74) is 19.3. The number of aromatic amines is 2. The number of H-pyrrole nitrogens is 2. The highest BCUT2D eigenvalue weighted by atomic mass is 14.7. The number of nitrogens with one attached hydrogen (secondary N) is 2. The first-order valence-corrected chi connectivity index (χ1v) is 9.29. The van der Waals surface area contributed by atoms with Gasteiger partial charge in [-0.3, -0.25) is 0 Å². The molecule has 0 saturated carbocycles. The number of benzene rings is 4. The third kappa shape index (κ3) is 2.00. The van der Waals surface area contributed by atoms with Crippen LogP contribution in [-0.2, 0) is 0 Å². The van der Waals surface area contributed by atoms with Crippen LogP contribution in [0.5, 0.6) is 0 Å². The Bertz CT molecular complexity index is 1540. The molecule has 28 heavy (non-hydrogen) atoms. The van der Waals surface area contributed by atoms with Crippen molar-refractivity contribution in [2.45, 2.75) is 0 Å². The largest absolute Gasteiger partial charge is 0.399 e. The summed E-state index contributed by atoms with van der Waals surface area (Å²) in [5, 5.41) is 5.84. The molecule has 0 radical (unpaired) electrons. The molecule has 4 aromatic carbocycles. The summed E-state index contributed by atoms with van der Waals surface area (Å²) in [4.78, 5) is 7.03. The minimum absolute atomic E-state index is 0.759. The van der Waals surface area contributed by atoms with Crippen molar-refractivity contribution in [2.24, 2.45) is 0 Å². The molecule has 4 nitrogen and oxygen atoms in total.